The summed E-state index contributed by atoms with van der Waals surface area (Å²) in [4.78, 5) is 26.8. The van der Waals surface area contributed by atoms with E-state index in [4.69, 9.17) is 19.6 Å². The predicted molar refractivity (Wildman–Crippen MR) is 186 cm³/mol. The Bertz CT molecular complexity index is 1800. The van der Waals surface area contributed by atoms with Crippen molar-refractivity contribution in [2.75, 3.05) is 0 Å². The number of benzene rings is 2. The van der Waals surface area contributed by atoms with Crippen molar-refractivity contribution in [1.82, 2.24) is 0 Å². The summed E-state index contributed by atoms with van der Waals surface area (Å²) in [6.07, 6.45) is -9.77. The maximum Gasteiger partial charge on any atom is 0.573 e. The lowest BCUT2D eigenvalue weighted by Crippen LogP contribution is -2.58. The third kappa shape index (κ3) is 8.89. The Morgan fingerprint density at radius 2 is 1.56 bits per heavy atom. The van der Waals surface area contributed by atoms with Crippen LogP contribution in [0.25, 0.3) is 22.1 Å². The number of halogens is 6. The highest BCUT2D eigenvalue weighted by molar-refractivity contribution is 5.84. The Balaban J connectivity index is 1.64. The van der Waals surface area contributed by atoms with Gasteiger partial charge in [-0.25, -0.2) is 4.79 Å². The number of carbonyl (C=O) groups is 1. The number of rotatable bonds is 12. The SMILES string of the molecule is CCCCCc1ccc(-c2cc3ccc(OC4CCC(OC(=O)C(C)(CC(C)(C)C)C(C)(C)N)C4(C)C(F)(F)F)cc3oc2=O)c(OC(F)(F)F)c1. The summed E-state index contributed by atoms with van der Waals surface area (Å²) in [6.45, 7) is 13.6. The van der Waals surface area contributed by atoms with Crippen molar-refractivity contribution in [2.45, 2.75) is 131 Å². The number of hydrogen-bond acceptors (Lipinski definition) is 7. The molecule has 7 nitrogen and oxygen atoms in total. The first-order valence-corrected chi connectivity index (χ1v) is 17.5. The molecular formula is C39H49F6NO6. The minimum atomic E-state index is -5.02. The van der Waals surface area contributed by atoms with Gasteiger partial charge in [-0.3, -0.25) is 4.79 Å². The molecule has 1 aromatic heterocycles. The summed E-state index contributed by atoms with van der Waals surface area (Å²) in [7, 11) is 0. The zero-order valence-electron chi connectivity index (χ0n) is 30.9. The molecule has 1 aliphatic rings. The van der Waals surface area contributed by atoms with Crippen LogP contribution in [-0.4, -0.2) is 36.3 Å². The smallest absolute Gasteiger partial charge is 0.489 e. The van der Waals surface area contributed by atoms with E-state index in [0.717, 1.165) is 26.2 Å². The van der Waals surface area contributed by atoms with Crippen molar-refractivity contribution in [3.8, 4) is 22.6 Å². The van der Waals surface area contributed by atoms with Gasteiger partial charge in [-0.05, 0) is 95.0 Å². The molecule has 0 amide bonds. The zero-order chi connectivity index (χ0) is 39.1. The van der Waals surface area contributed by atoms with Crippen molar-refractivity contribution in [3.05, 3.63) is 58.4 Å². The summed E-state index contributed by atoms with van der Waals surface area (Å²) in [5.41, 5.74) is 0.249. The highest BCUT2D eigenvalue weighted by atomic mass is 19.4. The first-order chi connectivity index (χ1) is 23.8. The van der Waals surface area contributed by atoms with Crippen LogP contribution in [0, 0.1) is 16.2 Å². The van der Waals surface area contributed by atoms with Gasteiger partial charge in [-0.1, -0.05) is 52.7 Å². The number of aryl methyl sites for hydroxylation is 1. The van der Waals surface area contributed by atoms with Crippen molar-refractivity contribution >= 4 is 16.9 Å². The fraction of sp³-hybridized carbons (Fsp3) is 0.590. The fourth-order valence-corrected chi connectivity index (χ4v) is 6.97. The normalized spacial score (nSPS) is 21.2. The van der Waals surface area contributed by atoms with Crippen molar-refractivity contribution in [1.29, 1.82) is 0 Å². The molecule has 52 heavy (non-hydrogen) atoms. The number of fused-ring (bicyclic) bond motifs is 1. The maximum absolute atomic E-state index is 14.9. The molecule has 3 aromatic rings. The molecule has 1 heterocycles. The Morgan fingerprint density at radius 3 is 2.13 bits per heavy atom. The van der Waals surface area contributed by atoms with E-state index in [1.54, 1.807) is 26.8 Å². The highest BCUT2D eigenvalue weighted by Gasteiger charge is 2.67. The van der Waals surface area contributed by atoms with Gasteiger partial charge in [0.2, 0.25) is 0 Å². The maximum atomic E-state index is 14.9. The van der Waals surface area contributed by atoms with Crippen LogP contribution in [0.4, 0.5) is 26.3 Å². The molecule has 2 aromatic carbocycles. The number of ether oxygens (including phenoxy) is 3. The minimum absolute atomic E-state index is 0.0472. The molecule has 4 rings (SSSR count). The molecule has 0 radical (unpaired) electrons. The molecule has 0 aliphatic heterocycles. The zero-order valence-corrected chi connectivity index (χ0v) is 30.9. The third-order valence-electron chi connectivity index (χ3n) is 10.3. The standard InChI is InChI=1S/C39H49F6NO6/c1-9-10-11-12-23-13-16-26(29(19-23)52-39(43,44)45)27-20-24-14-15-25(21-28(24)50-32(27)47)49-30-17-18-31(37(30,8)38(40,41)42)51-33(48)36(7,35(5,6)46)22-34(2,3)4/h13-16,19-21,30-31H,9-12,17-18,22,46H2,1-8H3. The fourth-order valence-electron chi connectivity index (χ4n) is 6.97. The van der Waals surface area contributed by atoms with Gasteiger partial charge in [0.25, 0.3) is 0 Å². The van der Waals surface area contributed by atoms with Gasteiger partial charge in [0.15, 0.2) is 0 Å². The van der Waals surface area contributed by atoms with Gasteiger partial charge < -0.3 is 24.4 Å². The molecule has 4 atom stereocenters. The lowest BCUT2D eigenvalue weighted by atomic mass is 9.65. The Kier molecular flexibility index (Phi) is 11.5. The number of alkyl halides is 6. The lowest BCUT2D eigenvalue weighted by molar-refractivity contribution is -0.274. The molecular weight excluding hydrogens is 692 g/mol. The van der Waals surface area contributed by atoms with E-state index in [2.05, 4.69) is 4.74 Å². The van der Waals surface area contributed by atoms with Crippen molar-refractivity contribution < 1.29 is 49.8 Å². The number of unbranched alkanes of at least 4 members (excludes halogenated alkanes) is 2. The minimum Gasteiger partial charge on any atom is -0.489 e. The van der Waals surface area contributed by atoms with Gasteiger partial charge in [0.05, 0.1) is 11.0 Å². The number of nitrogens with two attached hydrogens (primary N) is 1. The molecule has 0 spiro atoms. The first-order valence-electron chi connectivity index (χ1n) is 17.5. The summed E-state index contributed by atoms with van der Waals surface area (Å²) < 4.78 is 106. The first kappa shape index (κ1) is 41.0. The quantitative estimate of drug-likeness (QED) is 0.0854. The van der Waals surface area contributed by atoms with E-state index in [1.807, 2.05) is 27.7 Å². The lowest BCUT2D eigenvalue weighted by Gasteiger charge is -2.45. The van der Waals surface area contributed by atoms with Gasteiger partial charge in [0.1, 0.15) is 34.7 Å². The second kappa shape index (κ2) is 14.6. The van der Waals surface area contributed by atoms with Crippen LogP contribution in [-0.2, 0) is 16.0 Å². The van der Waals surface area contributed by atoms with Crippen LogP contribution >= 0.6 is 0 Å². The van der Waals surface area contributed by atoms with Crippen LogP contribution in [0.1, 0.15) is 99.5 Å². The van der Waals surface area contributed by atoms with Gasteiger partial charge in [0, 0.05) is 22.6 Å². The molecule has 13 heteroatoms. The third-order valence-corrected chi connectivity index (χ3v) is 10.3. The van der Waals surface area contributed by atoms with E-state index < -0.39 is 58.5 Å². The van der Waals surface area contributed by atoms with Gasteiger partial charge in [-0.15, -0.1) is 13.2 Å². The summed E-state index contributed by atoms with van der Waals surface area (Å²) in [6, 6.07) is 9.64. The van der Waals surface area contributed by atoms with Crippen LogP contribution < -0.4 is 20.8 Å². The highest BCUT2D eigenvalue weighted by Crippen LogP contribution is 2.54. The van der Waals surface area contributed by atoms with E-state index in [9.17, 15) is 35.9 Å². The average Bonchev–Trinajstić information content (AvgIpc) is 3.30. The van der Waals surface area contributed by atoms with Crippen molar-refractivity contribution in [2.24, 2.45) is 22.0 Å². The van der Waals surface area contributed by atoms with Crippen LogP contribution in [0.15, 0.2) is 51.7 Å². The van der Waals surface area contributed by atoms with Crippen molar-refractivity contribution in [3.63, 3.8) is 0 Å². The summed E-state index contributed by atoms with van der Waals surface area (Å²) in [5.74, 6) is -1.42. The van der Waals surface area contributed by atoms with Crippen LogP contribution in [0.3, 0.4) is 0 Å². The largest absolute Gasteiger partial charge is 0.573 e. The molecule has 1 aliphatic carbocycles. The molecule has 0 bridgehead atoms. The molecule has 288 valence electrons. The second-order valence-corrected chi connectivity index (χ2v) is 16.1. The van der Waals surface area contributed by atoms with E-state index >= 15 is 0 Å². The molecule has 0 saturated heterocycles. The van der Waals surface area contributed by atoms with Crippen LogP contribution in [0.2, 0.25) is 0 Å². The molecule has 4 unspecified atom stereocenters. The van der Waals surface area contributed by atoms with E-state index in [1.165, 1.54) is 36.4 Å². The number of esters is 1. The van der Waals surface area contributed by atoms with Gasteiger partial charge in [-0.2, -0.15) is 13.2 Å². The Labute approximate surface area is 300 Å². The monoisotopic (exact) mass is 741 g/mol. The Hall–Kier alpha value is -3.74. The van der Waals surface area contributed by atoms with E-state index in [0.29, 0.717) is 12.0 Å². The summed E-state index contributed by atoms with van der Waals surface area (Å²) in [5, 5.41) is 0.284. The Morgan fingerprint density at radius 1 is 0.904 bits per heavy atom. The molecule has 1 saturated carbocycles. The van der Waals surface area contributed by atoms with Crippen LogP contribution in [0.5, 0.6) is 11.5 Å². The van der Waals surface area contributed by atoms with Gasteiger partial charge >= 0.3 is 24.1 Å². The topological polar surface area (TPSA) is 101 Å². The summed E-state index contributed by atoms with van der Waals surface area (Å²) >= 11 is 0. The number of hydrogen-bond donors (Lipinski definition) is 1. The second-order valence-electron chi connectivity index (χ2n) is 16.1. The van der Waals surface area contributed by atoms with E-state index in [-0.39, 0.29) is 52.5 Å². The molecule has 1 fully saturated rings. The average molecular weight is 742 g/mol. The predicted octanol–water partition coefficient (Wildman–Crippen LogP) is 10.3. The number of carbonyl (C=O) groups excluding carboxylic acids is 1. The molecule has 2 N–H and O–H groups in total.